The Hall–Kier alpha value is -0.500. The van der Waals surface area contributed by atoms with E-state index in [0.29, 0.717) is 0 Å². The molecule has 0 saturated carbocycles. The SMILES string of the molecule is CCO/C(C)=C\CN(CC)CC. The molecular weight excluding hydrogens is 150 g/mol. The number of hydrogen-bond donors (Lipinski definition) is 0. The van der Waals surface area contributed by atoms with Crippen LogP contribution in [0.5, 0.6) is 0 Å². The van der Waals surface area contributed by atoms with E-state index < -0.39 is 0 Å². The smallest absolute Gasteiger partial charge is 0.0901 e. The van der Waals surface area contributed by atoms with Crippen molar-refractivity contribution in [1.82, 2.24) is 4.90 Å². The first-order valence-electron chi connectivity index (χ1n) is 4.76. The van der Waals surface area contributed by atoms with Gasteiger partial charge < -0.3 is 9.64 Å². The fraction of sp³-hybridized carbons (Fsp3) is 0.800. The molecule has 0 atom stereocenters. The molecule has 0 fully saturated rings. The van der Waals surface area contributed by atoms with E-state index >= 15 is 0 Å². The largest absolute Gasteiger partial charge is 0.499 e. The third-order valence-electron chi connectivity index (χ3n) is 1.90. The van der Waals surface area contributed by atoms with Crippen molar-refractivity contribution in [3.05, 3.63) is 11.8 Å². The van der Waals surface area contributed by atoms with Crippen LogP contribution in [0.3, 0.4) is 0 Å². The highest BCUT2D eigenvalue weighted by molar-refractivity contribution is 4.90. The molecule has 2 heteroatoms. The van der Waals surface area contributed by atoms with E-state index in [1.165, 1.54) is 0 Å². The van der Waals surface area contributed by atoms with Crippen LogP contribution in [-0.4, -0.2) is 31.1 Å². The van der Waals surface area contributed by atoms with Gasteiger partial charge in [-0.15, -0.1) is 0 Å². The van der Waals surface area contributed by atoms with Crippen LogP contribution < -0.4 is 0 Å². The van der Waals surface area contributed by atoms with Gasteiger partial charge in [0.1, 0.15) is 0 Å². The van der Waals surface area contributed by atoms with Crippen molar-refractivity contribution in [1.29, 1.82) is 0 Å². The average Bonchev–Trinajstić information content (AvgIpc) is 2.07. The Labute approximate surface area is 76.2 Å². The van der Waals surface area contributed by atoms with Crippen molar-refractivity contribution in [3.63, 3.8) is 0 Å². The van der Waals surface area contributed by atoms with Crippen molar-refractivity contribution in [2.24, 2.45) is 0 Å². The Balaban J connectivity index is 3.68. The van der Waals surface area contributed by atoms with E-state index in [1.807, 2.05) is 13.8 Å². The van der Waals surface area contributed by atoms with Crippen molar-refractivity contribution >= 4 is 0 Å². The maximum atomic E-state index is 5.32. The summed E-state index contributed by atoms with van der Waals surface area (Å²) in [4.78, 5) is 2.35. The van der Waals surface area contributed by atoms with E-state index in [2.05, 4.69) is 24.8 Å². The molecule has 0 aromatic rings. The molecule has 0 aliphatic heterocycles. The van der Waals surface area contributed by atoms with Crippen LogP contribution in [0.2, 0.25) is 0 Å². The lowest BCUT2D eigenvalue weighted by Gasteiger charge is -2.15. The quantitative estimate of drug-likeness (QED) is 0.568. The lowest BCUT2D eigenvalue weighted by Crippen LogP contribution is -2.22. The van der Waals surface area contributed by atoms with Gasteiger partial charge in [0.25, 0.3) is 0 Å². The standard InChI is InChI=1S/C10H21NO/c1-5-11(6-2)9-8-10(4)12-7-3/h8H,5-7,9H2,1-4H3/b10-8-. The summed E-state index contributed by atoms with van der Waals surface area (Å²) >= 11 is 0. The Morgan fingerprint density at radius 1 is 1.25 bits per heavy atom. The van der Waals surface area contributed by atoms with Gasteiger partial charge in [0.15, 0.2) is 0 Å². The van der Waals surface area contributed by atoms with Gasteiger partial charge in [-0.25, -0.2) is 0 Å². The summed E-state index contributed by atoms with van der Waals surface area (Å²) in [6.45, 7) is 12.3. The van der Waals surface area contributed by atoms with Gasteiger partial charge in [0.05, 0.1) is 12.4 Å². The van der Waals surface area contributed by atoms with E-state index in [0.717, 1.165) is 32.0 Å². The van der Waals surface area contributed by atoms with Crippen LogP contribution in [0.4, 0.5) is 0 Å². The van der Waals surface area contributed by atoms with Gasteiger partial charge in [-0.2, -0.15) is 0 Å². The Morgan fingerprint density at radius 2 is 1.83 bits per heavy atom. The van der Waals surface area contributed by atoms with Crippen LogP contribution in [0.15, 0.2) is 11.8 Å². The molecule has 0 aliphatic carbocycles. The predicted molar refractivity (Wildman–Crippen MR) is 53.2 cm³/mol. The predicted octanol–water partition coefficient (Wildman–Crippen LogP) is 2.27. The number of likely N-dealkylation sites (N-methyl/N-ethyl adjacent to an activating group) is 1. The highest BCUT2D eigenvalue weighted by atomic mass is 16.5. The molecule has 0 aromatic carbocycles. The third kappa shape index (κ3) is 5.19. The molecule has 0 unspecified atom stereocenters. The second kappa shape index (κ2) is 7.17. The topological polar surface area (TPSA) is 12.5 Å². The Bertz CT molecular complexity index is 128. The first-order chi connectivity index (χ1) is 5.74. The van der Waals surface area contributed by atoms with E-state index in [9.17, 15) is 0 Å². The zero-order valence-corrected chi connectivity index (χ0v) is 8.76. The third-order valence-corrected chi connectivity index (χ3v) is 1.90. The molecule has 0 aromatic heterocycles. The first kappa shape index (κ1) is 11.5. The van der Waals surface area contributed by atoms with Gasteiger partial charge in [-0.05, 0) is 33.0 Å². The van der Waals surface area contributed by atoms with E-state index in [-0.39, 0.29) is 0 Å². The Kier molecular flexibility index (Phi) is 6.87. The Morgan fingerprint density at radius 3 is 2.25 bits per heavy atom. The second-order valence-electron chi connectivity index (χ2n) is 2.73. The molecule has 0 spiro atoms. The number of hydrogen-bond acceptors (Lipinski definition) is 2. The van der Waals surface area contributed by atoms with E-state index in [4.69, 9.17) is 4.74 Å². The van der Waals surface area contributed by atoms with E-state index in [1.54, 1.807) is 0 Å². The maximum absolute atomic E-state index is 5.32. The van der Waals surface area contributed by atoms with Gasteiger partial charge in [0, 0.05) is 6.54 Å². The molecule has 0 radical (unpaired) electrons. The minimum atomic E-state index is 0.764. The minimum Gasteiger partial charge on any atom is -0.499 e. The minimum absolute atomic E-state index is 0.764. The molecular formula is C10H21NO. The van der Waals surface area contributed by atoms with Crippen molar-refractivity contribution in [3.8, 4) is 0 Å². The lowest BCUT2D eigenvalue weighted by molar-refractivity contribution is 0.227. The molecule has 0 heterocycles. The van der Waals surface area contributed by atoms with Crippen molar-refractivity contribution in [2.75, 3.05) is 26.2 Å². The van der Waals surface area contributed by atoms with Gasteiger partial charge in [0.2, 0.25) is 0 Å². The zero-order chi connectivity index (χ0) is 9.40. The molecule has 72 valence electrons. The summed E-state index contributed by atoms with van der Waals surface area (Å²) < 4.78 is 5.32. The fourth-order valence-corrected chi connectivity index (χ4v) is 1.03. The van der Waals surface area contributed by atoms with Gasteiger partial charge >= 0.3 is 0 Å². The highest BCUT2D eigenvalue weighted by Gasteiger charge is 1.95. The molecule has 0 aliphatic rings. The summed E-state index contributed by atoms with van der Waals surface area (Å²) in [5.41, 5.74) is 0. The number of allylic oxidation sites excluding steroid dienone is 1. The number of rotatable bonds is 6. The van der Waals surface area contributed by atoms with Crippen LogP contribution in [0.1, 0.15) is 27.7 Å². The molecule has 0 N–H and O–H groups in total. The molecule has 12 heavy (non-hydrogen) atoms. The normalized spacial score (nSPS) is 12.2. The highest BCUT2D eigenvalue weighted by Crippen LogP contribution is 1.96. The molecule has 0 saturated heterocycles. The van der Waals surface area contributed by atoms with Gasteiger partial charge in [-0.3, -0.25) is 0 Å². The zero-order valence-electron chi connectivity index (χ0n) is 8.76. The first-order valence-corrected chi connectivity index (χ1v) is 4.76. The molecule has 0 rings (SSSR count). The summed E-state index contributed by atoms with van der Waals surface area (Å²) in [5.74, 6) is 1.03. The van der Waals surface area contributed by atoms with Gasteiger partial charge in [-0.1, -0.05) is 13.8 Å². The number of ether oxygens (including phenoxy) is 1. The van der Waals surface area contributed by atoms with Crippen LogP contribution in [0, 0.1) is 0 Å². The lowest BCUT2D eigenvalue weighted by atomic mass is 10.4. The monoisotopic (exact) mass is 171 g/mol. The van der Waals surface area contributed by atoms with Crippen molar-refractivity contribution in [2.45, 2.75) is 27.7 Å². The van der Waals surface area contributed by atoms with Crippen LogP contribution in [0.25, 0.3) is 0 Å². The van der Waals surface area contributed by atoms with Crippen LogP contribution >= 0.6 is 0 Å². The maximum Gasteiger partial charge on any atom is 0.0901 e. The van der Waals surface area contributed by atoms with Crippen molar-refractivity contribution < 1.29 is 4.74 Å². The fourth-order valence-electron chi connectivity index (χ4n) is 1.03. The van der Waals surface area contributed by atoms with Crippen LogP contribution in [-0.2, 0) is 4.74 Å². The molecule has 0 bridgehead atoms. The second-order valence-corrected chi connectivity index (χ2v) is 2.73. The average molecular weight is 171 g/mol. The summed E-state index contributed by atoms with van der Waals surface area (Å²) in [6.07, 6.45) is 2.14. The summed E-state index contributed by atoms with van der Waals surface area (Å²) in [6, 6.07) is 0. The molecule has 0 amide bonds. The summed E-state index contributed by atoms with van der Waals surface area (Å²) in [5, 5.41) is 0. The summed E-state index contributed by atoms with van der Waals surface area (Å²) in [7, 11) is 0. The number of nitrogens with zero attached hydrogens (tertiary/aromatic N) is 1. The molecule has 2 nitrogen and oxygen atoms in total.